The van der Waals surface area contributed by atoms with Crippen molar-refractivity contribution in [3.8, 4) is 0 Å². The van der Waals surface area contributed by atoms with Crippen molar-refractivity contribution in [2.75, 3.05) is 5.32 Å². The van der Waals surface area contributed by atoms with Gasteiger partial charge in [0.2, 0.25) is 0 Å². The number of anilines is 1. The third kappa shape index (κ3) is 3.78. The van der Waals surface area contributed by atoms with E-state index in [1.54, 1.807) is 0 Å². The highest BCUT2D eigenvalue weighted by molar-refractivity contribution is 5.45. The molecule has 112 valence electrons. The number of halogens is 3. The van der Waals surface area contributed by atoms with E-state index in [4.69, 9.17) is 0 Å². The fourth-order valence-electron chi connectivity index (χ4n) is 2.08. The summed E-state index contributed by atoms with van der Waals surface area (Å²) in [5, 5.41) is 3.06. The van der Waals surface area contributed by atoms with Crippen LogP contribution in [0.1, 0.15) is 37.3 Å². The molecular formula is C17H18F3N. The van der Waals surface area contributed by atoms with Crippen molar-refractivity contribution in [2.45, 2.75) is 32.7 Å². The highest BCUT2D eigenvalue weighted by atomic mass is 19.2. The Morgan fingerprint density at radius 1 is 1.00 bits per heavy atom. The van der Waals surface area contributed by atoms with E-state index in [2.05, 4.69) is 19.2 Å². The molecule has 0 saturated heterocycles. The molecule has 0 aliphatic carbocycles. The number of benzene rings is 2. The first-order valence-corrected chi connectivity index (χ1v) is 6.98. The van der Waals surface area contributed by atoms with Crippen molar-refractivity contribution in [2.24, 2.45) is 0 Å². The molecule has 0 aromatic heterocycles. The number of hydrogen-bond donors (Lipinski definition) is 1. The maximum Gasteiger partial charge on any atom is 0.194 e. The van der Waals surface area contributed by atoms with Gasteiger partial charge in [-0.15, -0.1) is 0 Å². The van der Waals surface area contributed by atoms with Gasteiger partial charge in [-0.2, -0.15) is 0 Å². The minimum Gasteiger partial charge on any atom is -0.381 e. The summed E-state index contributed by atoms with van der Waals surface area (Å²) in [6, 6.07) is 9.91. The molecule has 21 heavy (non-hydrogen) atoms. The summed E-state index contributed by atoms with van der Waals surface area (Å²) in [6.45, 7) is 4.53. The van der Waals surface area contributed by atoms with Crippen LogP contribution in [0.4, 0.5) is 18.9 Å². The Hall–Kier alpha value is -1.97. The Bertz CT molecular complexity index is 585. The fraction of sp³-hybridized carbons (Fsp3) is 0.294. The largest absolute Gasteiger partial charge is 0.381 e. The van der Waals surface area contributed by atoms with Gasteiger partial charge in [-0.1, -0.05) is 26.0 Å². The Labute approximate surface area is 122 Å². The van der Waals surface area contributed by atoms with Crippen LogP contribution in [-0.2, 0) is 6.54 Å². The highest BCUT2D eigenvalue weighted by Crippen LogP contribution is 2.21. The van der Waals surface area contributed by atoms with Crippen LogP contribution in [0.25, 0.3) is 0 Å². The van der Waals surface area contributed by atoms with Crippen molar-refractivity contribution < 1.29 is 13.2 Å². The lowest BCUT2D eigenvalue weighted by Gasteiger charge is -2.11. The normalized spacial score (nSPS) is 12.2. The van der Waals surface area contributed by atoms with Crippen LogP contribution < -0.4 is 5.32 Å². The first-order valence-electron chi connectivity index (χ1n) is 6.98. The van der Waals surface area contributed by atoms with E-state index in [-0.39, 0.29) is 6.54 Å². The number of rotatable bonds is 5. The minimum absolute atomic E-state index is 0.233. The van der Waals surface area contributed by atoms with Crippen LogP contribution in [0, 0.1) is 17.5 Å². The zero-order valence-electron chi connectivity index (χ0n) is 12.1. The Morgan fingerprint density at radius 2 is 1.57 bits per heavy atom. The van der Waals surface area contributed by atoms with Crippen molar-refractivity contribution in [3.05, 3.63) is 65.0 Å². The van der Waals surface area contributed by atoms with E-state index in [1.807, 2.05) is 24.3 Å². The molecule has 4 heteroatoms. The topological polar surface area (TPSA) is 12.0 Å². The summed E-state index contributed by atoms with van der Waals surface area (Å²) in [5.41, 5.74) is 2.46. The van der Waals surface area contributed by atoms with E-state index in [0.717, 1.165) is 24.2 Å². The lowest BCUT2D eigenvalue weighted by molar-refractivity contribution is 0.445. The van der Waals surface area contributed by atoms with Crippen molar-refractivity contribution in [3.63, 3.8) is 0 Å². The third-order valence-corrected chi connectivity index (χ3v) is 3.63. The fourth-order valence-corrected chi connectivity index (χ4v) is 2.08. The average molecular weight is 293 g/mol. The second kappa shape index (κ2) is 6.66. The standard InChI is InChI=1S/C17H18F3N/c1-3-11(2)13-4-6-14(7-5-13)21-10-12-8-15(18)17(20)16(19)9-12/h4-9,11,21H,3,10H2,1-2H3. The summed E-state index contributed by atoms with van der Waals surface area (Å²) in [6.07, 6.45) is 1.07. The Balaban J connectivity index is 2.03. The molecule has 2 aromatic carbocycles. The van der Waals surface area contributed by atoms with Crippen LogP contribution in [0.15, 0.2) is 36.4 Å². The van der Waals surface area contributed by atoms with Gasteiger partial charge < -0.3 is 5.32 Å². The summed E-state index contributed by atoms with van der Waals surface area (Å²) >= 11 is 0. The predicted octanol–water partition coefficient (Wildman–Crippen LogP) is 5.23. The quantitative estimate of drug-likeness (QED) is 0.744. The van der Waals surface area contributed by atoms with Gasteiger partial charge in [0.15, 0.2) is 17.5 Å². The molecule has 0 saturated carbocycles. The molecule has 1 N–H and O–H groups in total. The zero-order valence-corrected chi connectivity index (χ0v) is 12.1. The first-order chi connectivity index (χ1) is 10.0. The number of hydrogen-bond acceptors (Lipinski definition) is 1. The molecule has 1 atom stereocenters. The van der Waals surface area contributed by atoms with Crippen molar-refractivity contribution >= 4 is 5.69 Å². The summed E-state index contributed by atoms with van der Waals surface area (Å²) < 4.78 is 39.1. The second-order valence-corrected chi connectivity index (χ2v) is 5.16. The van der Waals surface area contributed by atoms with Crippen LogP contribution in [0.2, 0.25) is 0 Å². The maximum atomic E-state index is 13.1. The van der Waals surface area contributed by atoms with Gasteiger partial charge in [-0.3, -0.25) is 0 Å². The average Bonchev–Trinajstić information content (AvgIpc) is 2.50. The lowest BCUT2D eigenvalue weighted by Crippen LogP contribution is -2.02. The van der Waals surface area contributed by atoms with Gasteiger partial charge in [-0.05, 0) is 47.7 Å². The Morgan fingerprint density at radius 3 is 2.10 bits per heavy atom. The van der Waals surface area contributed by atoms with Gasteiger partial charge in [0.25, 0.3) is 0 Å². The van der Waals surface area contributed by atoms with E-state index in [0.29, 0.717) is 11.5 Å². The van der Waals surface area contributed by atoms with Crippen LogP contribution in [0.5, 0.6) is 0 Å². The molecule has 1 unspecified atom stereocenters. The molecule has 0 amide bonds. The predicted molar refractivity (Wildman–Crippen MR) is 78.8 cm³/mol. The van der Waals surface area contributed by atoms with Gasteiger partial charge in [-0.25, -0.2) is 13.2 Å². The van der Waals surface area contributed by atoms with Gasteiger partial charge >= 0.3 is 0 Å². The summed E-state index contributed by atoms with van der Waals surface area (Å²) in [7, 11) is 0. The molecule has 0 aliphatic heterocycles. The third-order valence-electron chi connectivity index (χ3n) is 3.63. The molecular weight excluding hydrogens is 275 g/mol. The molecule has 0 radical (unpaired) electrons. The van der Waals surface area contributed by atoms with Gasteiger partial charge in [0.1, 0.15) is 0 Å². The van der Waals surface area contributed by atoms with Gasteiger partial charge in [0, 0.05) is 12.2 Å². The Kier molecular flexibility index (Phi) is 4.89. The van der Waals surface area contributed by atoms with Crippen molar-refractivity contribution in [1.82, 2.24) is 0 Å². The zero-order chi connectivity index (χ0) is 15.4. The molecule has 0 aliphatic rings. The smallest absolute Gasteiger partial charge is 0.194 e. The monoisotopic (exact) mass is 293 g/mol. The number of nitrogens with one attached hydrogen (secondary N) is 1. The molecule has 0 fully saturated rings. The van der Waals surface area contributed by atoms with Crippen LogP contribution >= 0.6 is 0 Å². The molecule has 2 aromatic rings. The van der Waals surface area contributed by atoms with E-state index in [1.165, 1.54) is 5.56 Å². The molecule has 0 spiro atoms. The second-order valence-electron chi connectivity index (χ2n) is 5.16. The molecule has 0 heterocycles. The van der Waals surface area contributed by atoms with Crippen LogP contribution in [-0.4, -0.2) is 0 Å². The summed E-state index contributed by atoms with van der Waals surface area (Å²) in [4.78, 5) is 0. The minimum atomic E-state index is -1.43. The molecule has 2 rings (SSSR count). The lowest BCUT2D eigenvalue weighted by atomic mass is 9.99. The SMILES string of the molecule is CCC(C)c1ccc(NCc2cc(F)c(F)c(F)c2)cc1. The van der Waals surface area contributed by atoms with Crippen LogP contribution in [0.3, 0.4) is 0 Å². The summed E-state index contributed by atoms with van der Waals surface area (Å²) in [5.74, 6) is -3.27. The van der Waals surface area contributed by atoms with Crippen molar-refractivity contribution in [1.29, 1.82) is 0 Å². The van der Waals surface area contributed by atoms with Gasteiger partial charge in [0.05, 0.1) is 0 Å². The highest BCUT2D eigenvalue weighted by Gasteiger charge is 2.10. The van der Waals surface area contributed by atoms with E-state index in [9.17, 15) is 13.2 Å². The molecule has 0 bridgehead atoms. The maximum absolute atomic E-state index is 13.1. The first kappa shape index (κ1) is 15.4. The van der Waals surface area contributed by atoms with E-state index < -0.39 is 17.5 Å². The molecule has 1 nitrogen and oxygen atoms in total. The van der Waals surface area contributed by atoms with E-state index >= 15 is 0 Å².